The summed E-state index contributed by atoms with van der Waals surface area (Å²) in [7, 11) is 0. The maximum atomic E-state index is 13.0. The number of benzene rings is 2. The predicted molar refractivity (Wildman–Crippen MR) is 116 cm³/mol. The van der Waals surface area contributed by atoms with Gasteiger partial charge in [-0.25, -0.2) is 4.79 Å². The van der Waals surface area contributed by atoms with Crippen molar-refractivity contribution in [3.8, 4) is 5.75 Å². The van der Waals surface area contributed by atoms with E-state index < -0.39 is 5.97 Å². The zero-order chi connectivity index (χ0) is 21.0. The normalized spacial score (nSPS) is 10.8. The number of esters is 2. The number of carbonyl (C=O) groups excluding carboxylic acids is 2. The van der Waals surface area contributed by atoms with E-state index in [4.69, 9.17) is 9.47 Å². The van der Waals surface area contributed by atoms with Gasteiger partial charge in [-0.1, -0.05) is 18.7 Å². The second-order valence-corrected chi connectivity index (χ2v) is 7.80. The Morgan fingerprint density at radius 1 is 1.17 bits per heavy atom. The summed E-state index contributed by atoms with van der Waals surface area (Å²) in [5, 5.41) is 1.28. The van der Waals surface area contributed by atoms with E-state index in [1.165, 1.54) is 0 Å². The molecule has 0 aliphatic heterocycles. The summed E-state index contributed by atoms with van der Waals surface area (Å²) in [4.78, 5) is 36.3. The summed E-state index contributed by atoms with van der Waals surface area (Å²) >= 11 is 1.57. The Hall–Kier alpha value is -2.99. The van der Waals surface area contributed by atoms with E-state index in [9.17, 15) is 14.4 Å². The lowest BCUT2D eigenvalue weighted by molar-refractivity contribution is -0.137. The van der Waals surface area contributed by atoms with E-state index in [1.54, 1.807) is 11.3 Å². The molecule has 0 saturated carbocycles. The first-order valence-electron chi connectivity index (χ1n) is 9.38. The lowest BCUT2D eigenvalue weighted by Crippen LogP contribution is -2.11. The van der Waals surface area contributed by atoms with Gasteiger partial charge in [-0.2, -0.15) is 0 Å². The maximum Gasteiger partial charge on any atom is 0.330 e. The summed E-state index contributed by atoms with van der Waals surface area (Å²) in [6.45, 7) is 7.28. The largest absolute Gasteiger partial charge is 0.463 e. The van der Waals surface area contributed by atoms with Crippen molar-refractivity contribution in [1.82, 2.24) is 0 Å². The minimum Gasteiger partial charge on any atom is -0.463 e. The highest BCUT2D eigenvalue weighted by Gasteiger charge is 2.16. The van der Waals surface area contributed by atoms with Gasteiger partial charge in [0.1, 0.15) is 5.75 Å². The van der Waals surface area contributed by atoms with E-state index >= 15 is 0 Å². The van der Waals surface area contributed by atoms with E-state index in [1.807, 2.05) is 44.2 Å². The van der Waals surface area contributed by atoms with Crippen LogP contribution in [0.25, 0.3) is 20.2 Å². The fraction of sp³-hybridized carbons (Fsp3) is 0.261. The number of ether oxygens (including phenoxy) is 2. The van der Waals surface area contributed by atoms with Gasteiger partial charge in [0, 0.05) is 38.2 Å². The van der Waals surface area contributed by atoms with Crippen molar-refractivity contribution in [2.24, 2.45) is 0 Å². The van der Waals surface area contributed by atoms with Crippen LogP contribution in [-0.2, 0) is 14.3 Å². The maximum absolute atomic E-state index is 13.0. The van der Waals surface area contributed by atoms with Gasteiger partial charge in [0.25, 0.3) is 0 Å². The number of carbonyl (C=O) groups is 2. The van der Waals surface area contributed by atoms with Crippen LogP contribution in [0.1, 0.15) is 30.4 Å². The molecule has 0 aliphatic rings. The Morgan fingerprint density at radius 2 is 1.93 bits per heavy atom. The highest BCUT2D eigenvalue weighted by Crippen LogP contribution is 2.34. The SMILES string of the molecule is C=CC(=O)OCCCCC(=O)Oc1cc(C)c2sc3ccccc3c(=O)c2c1C. The van der Waals surface area contributed by atoms with Crippen LogP contribution >= 0.6 is 11.3 Å². The molecular formula is C23H22O5S. The second-order valence-electron chi connectivity index (χ2n) is 6.75. The quantitative estimate of drug-likeness (QED) is 0.183. The van der Waals surface area contributed by atoms with Crippen molar-refractivity contribution >= 4 is 43.4 Å². The molecule has 0 fully saturated rings. The lowest BCUT2D eigenvalue weighted by Gasteiger charge is -2.12. The van der Waals surface area contributed by atoms with Crippen molar-refractivity contribution < 1.29 is 19.1 Å². The Morgan fingerprint density at radius 3 is 2.69 bits per heavy atom. The van der Waals surface area contributed by atoms with Gasteiger partial charge >= 0.3 is 11.9 Å². The number of aryl methyl sites for hydroxylation is 2. The monoisotopic (exact) mass is 410 g/mol. The molecule has 0 bridgehead atoms. The molecule has 0 N–H and O–H groups in total. The zero-order valence-electron chi connectivity index (χ0n) is 16.4. The molecule has 0 saturated heterocycles. The van der Waals surface area contributed by atoms with Crippen molar-refractivity contribution in [2.45, 2.75) is 33.1 Å². The Kier molecular flexibility index (Phi) is 6.44. The van der Waals surface area contributed by atoms with Gasteiger partial charge in [-0.3, -0.25) is 9.59 Å². The van der Waals surface area contributed by atoms with E-state index in [0.717, 1.165) is 21.0 Å². The van der Waals surface area contributed by atoms with E-state index in [0.29, 0.717) is 34.9 Å². The van der Waals surface area contributed by atoms with Crippen LogP contribution in [0.2, 0.25) is 0 Å². The number of unbranched alkanes of at least 4 members (excludes halogenated alkanes) is 1. The Bertz CT molecular complexity index is 1160. The molecule has 150 valence electrons. The number of hydrogen-bond acceptors (Lipinski definition) is 6. The predicted octanol–water partition coefficient (Wildman–Crippen LogP) is 4.84. The summed E-state index contributed by atoms with van der Waals surface area (Å²) in [6, 6.07) is 9.34. The van der Waals surface area contributed by atoms with Gasteiger partial charge in [0.2, 0.25) is 0 Å². The number of fused-ring (bicyclic) bond motifs is 2. The molecule has 3 aromatic rings. The van der Waals surface area contributed by atoms with Crippen LogP contribution in [0.5, 0.6) is 5.75 Å². The van der Waals surface area contributed by atoms with Gasteiger partial charge in [0.05, 0.1) is 6.61 Å². The van der Waals surface area contributed by atoms with Crippen molar-refractivity contribution in [3.05, 3.63) is 64.3 Å². The lowest BCUT2D eigenvalue weighted by atomic mass is 10.0. The van der Waals surface area contributed by atoms with Crippen LogP contribution in [0.3, 0.4) is 0 Å². The van der Waals surface area contributed by atoms with Gasteiger partial charge in [-0.05, 0) is 50.5 Å². The molecule has 0 amide bonds. The molecule has 5 nitrogen and oxygen atoms in total. The average Bonchev–Trinajstić information content (AvgIpc) is 2.71. The third-order valence-corrected chi connectivity index (χ3v) is 5.96. The van der Waals surface area contributed by atoms with Crippen LogP contribution in [0, 0.1) is 13.8 Å². The Balaban J connectivity index is 1.79. The second kappa shape index (κ2) is 9.01. The van der Waals surface area contributed by atoms with Gasteiger partial charge < -0.3 is 9.47 Å². The number of hydrogen-bond donors (Lipinski definition) is 0. The number of rotatable bonds is 7. The van der Waals surface area contributed by atoms with Crippen molar-refractivity contribution in [2.75, 3.05) is 6.61 Å². The highest BCUT2D eigenvalue weighted by molar-refractivity contribution is 7.24. The summed E-state index contributed by atoms with van der Waals surface area (Å²) in [6.07, 6.45) is 2.40. The Labute approximate surface area is 172 Å². The molecule has 0 radical (unpaired) electrons. The van der Waals surface area contributed by atoms with Crippen LogP contribution in [0.15, 0.2) is 47.8 Å². The molecule has 0 spiro atoms. The first-order chi connectivity index (χ1) is 13.9. The molecule has 1 aromatic heterocycles. The highest BCUT2D eigenvalue weighted by atomic mass is 32.1. The van der Waals surface area contributed by atoms with Crippen molar-refractivity contribution in [1.29, 1.82) is 0 Å². The first-order valence-corrected chi connectivity index (χ1v) is 10.2. The molecule has 3 rings (SSSR count). The fourth-order valence-corrected chi connectivity index (χ4v) is 4.34. The van der Waals surface area contributed by atoms with E-state index in [-0.39, 0.29) is 24.4 Å². The third kappa shape index (κ3) is 4.54. The van der Waals surface area contributed by atoms with Gasteiger partial charge in [-0.15, -0.1) is 11.3 Å². The molecule has 1 heterocycles. The standard InChI is InChI=1S/C23H22O5S/c1-4-19(24)27-12-8-7-11-20(25)28-17-13-14(2)23-21(15(17)3)22(26)16-9-5-6-10-18(16)29-23/h4-6,9-10,13H,1,7-8,11-12H2,2-3H3. The molecule has 29 heavy (non-hydrogen) atoms. The summed E-state index contributed by atoms with van der Waals surface area (Å²) in [5.74, 6) is -0.437. The molecule has 6 heteroatoms. The van der Waals surface area contributed by atoms with Crippen LogP contribution < -0.4 is 10.2 Å². The third-order valence-electron chi connectivity index (χ3n) is 4.66. The summed E-state index contributed by atoms with van der Waals surface area (Å²) < 4.78 is 12.3. The average molecular weight is 410 g/mol. The van der Waals surface area contributed by atoms with E-state index in [2.05, 4.69) is 6.58 Å². The topological polar surface area (TPSA) is 69.7 Å². The molecule has 0 atom stereocenters. The minimum absolute atomic E-state index is 0.0446. The smallest absolute Gasteiger partial charge is 0.330 e. The van der Waals surface area contributed by atoms with Crippen LogP contribution in [-0.4, -0.2) is 18.5 Å². The van der Waals surface area contributed by atoms with Crippen molar-refractivity contribution in [3.63, 3.8) is 0 Å². The summed E-state index contributed by atoms with van der Waals surface area (Å²) in [5.41, 5.74) is 1.53. The fourth-order valence-electron chi connectivity index (χ4n) is 3.14. The molecule has 2 aromatic carbocycles. The molecule has 0 aliphatic carbocycles. The first kappa shape index (κ1) is 20.7. The van der Waals surface area contributed by atoms with Gasteiger partial charge in [0.15, 0.2) is 5.43 Å². The molecular weight excluding hydrogens is 388 g/mol. The molecule has 0 unspecified atom stereocenters. The minimum atomic E-state index is -0.475. The zero-order valence-corrected chi connectivity index (χ0v) is 17.3. The van der Waals surface area contributed by atoms with Crippen LogP contribution in [0.4, 0.5) is 0 Å².